The molecular formula is C57H117N5O4. The van der Waals surface area contributed by atoms with Gasteiger partial charge in [0.2, 0.25) is 5.91 Å². The van der Waals surface area contributed by atoms with Crippen molar-refractivity contribution < 1.29 is 19.1 Å². The number of hydrogen-bond acceptors (Lipinski definition) is 8. The van der Waals surface area contributed by atoms with Gasteiger partial charge >= 0.3 is 0 Å². The number of methoxy groups -OCH3 is 1. The first-order chi connectivity index (χ1) is 32.4. The van der Waals surface area contributed by atoms with E-state index < -0.39 is 0 Å². The second-order valence-electron chi connectivity index (χ2n) is 19.8. The Morgan fingerprint density at radius 3 is 1.17 bits per heavy atom. The van der Waals surface area contributed by atoms with Gasteiger partial charge in [0.1, 0.15) is 12.6 Å². The summed E-state index contributed by atoms with van der Waals surface area (Å²) < 4.78 is 5.04. The van der Waals surface area contributed by atoms with Gasteiger partial charge in [-0.2, -0.15) is 0 Å². The van der Waals surface area contributed by atoms with Crippen LogP contribution < -0.4 is 0 Å². The fraction of sp³-hybridized carbons (Fsp3) is 0.947. The molecule has 1 rings (SSSR count). The molecular weight excluding hydrogens is 819 g/mol. The van der Waals surface area contributed by atoms with Crippen molar-refractivity contribution in [2.45, 2.75) is 247 Å². The first kappa shape index (κ1) is 66.7. The summed E-state index contributed by atoms with van der Waals surface area (Å²) in [5.41, 5.74) is 0. The third-order valence-electron chi connectivity index (χ3n) is 13.3. The van der Waals surface area contributed by atoms with E-state index in [1.807, 2.05) is 0 Å². The van der Waals surface area contributed by atoms with Crippen molar-refractivity contribution in [3.8, 4) is 0 Å². The number of unbranched alkanes of at least 4 members (excludes halogenated alkanes) is 27. The van der Waals surface area contributed by atoms with Crippen molar-refractivity contribution in [3.05, 3.63) is 0 Å². The number of nitrogens with zero attached hydrogens (tertiary/aromatic N) is 5. The fourth-order valence-electron chi connectivity index (χ4n) is 8.72. The number of likely N-dealkylation sites (N-methyl/N-ethyl adjacent to an activating group) is 1. The molecule has 0 unspecified atom stereocenters. The van der Waals surface area contributed by atoms with Crippen LogP contribution in [0.2, 0.25) is 0 Å². The van der Waals surface area contributed by atoms with Crippen LogP contribution in [0.3, 0.4) is 0 Å². The van der Waals surface area contributed by atoms with Crippen LogP contribution in [0, 0.1) is 0 Å². The molecule has 1 heterocycles. The molecule has 0 aliphatic carbocycles. The van der Waals surface area contributed by atoms with Crippen molar-refractivity contribution >= 4 is 18.5 Å². The maximum Gasteiger partial charge on any atom is 0.236 e. The van der Waals surface area contributed by atoms with E-state index >= 15 is 0 Å². The summed E-state index contributed by atoms with van der Waals surface area (Å²) in [5, 5.41) is 0. The molecule has 0 N–H and O–H groups in total. The van der Waals surface area contributed by atoms with E-state index in [2.05, 4.69) is 66.2 Å². The molecule has 1 aliphatic rings. The van der Waals surface area contributed by atoms with Crippen LogP contribution in [0.4, 0.5) is 0 Å². The Kier molecular flexibility index (Phi) is 56.8. The second kappa shape index (κ2) is 56.2. The summed E-state index contributed by atoms with van der Waals surface area (Å²) in [7, 11) is 3.89. The minimum absolute atomic E-state index is 0.353. The van der Waals surface area contributed by atoms with Crippen molar-refractivity contribution in [1.82, 2.24) is 24.5 Å². The lowest BCUT2D eigenvalue weighted by molar-refractivity contribution is -0.134. The number of aldehydes is 2. The molecule has 1 amide bonds. The number of piperazine rings is 1. The molecule has 0 radical (unpaired) electrons. The largest absolute Gasteiger partial charge is 0.385 e. The standard InChI is InChI=1S/C36H74N4O.C15H31NO2.C6H12O/c1-5-8-11-14-17-20-23-26-38(27-24-21-18-15-12-9-6-2)31-32-39(28-25-22-19-16-13-10-7-3)35-36(41)40-33-29-37(4)30-34-40;1-3-4-5-6-7-8-9-11-16(13-14-17)12-10-15-18-2;1-2-3-4-5-6-7/h5-35H2,1-4H3;14H,3-13,15H2,1-2H3;6H,2-5H2,1H3. The van der Waals surface area contributed by atoms with Gasteiger partial charge in [0.25, 0.3) is 0 Å². The van der Waals surface area contributed by atoms with Crippen LogP contribution in [0.15, 0.2) is 0 Å². The third kappa shape index (κ3) is 49.0. The summed E-state index contributed by atoms with van der Waals surface area (Å²) in [6.45, 7) is 24.8. The lowest BCUT2D eigenvalue weighted by atomic mass is 10.1. The molecule has 9 heteroatoms. The van der Waals surface area contributed by atoms with E-state index in [4.69, 9.17) is 4.74 Å². The predicted octanol–water partition coefficient (Wildman–Crippen LogP) is 13.7. The predicted molar refractivity (Wildman–Crippen MR) is 288 cm³/mol. The van der Waals surface area contributed by atoms with Gasteiger partial charge in [0.05, 0.1) is 13.1 Å². The normalized spacial score (nSPS) is 13.0. The van der Waals surface area contributed by atoms with Crippen molar-refractivity contribution in [1.29, 1.82) is 0 Å². The van der Waals surface area contributed by atoms with E-state index in [0.29, 0.717) is 19.0 Å². The number of amides is 1. The molecule has 394 valence electrons. The van der Waals surface area contributed by atoms with Gasteiger partial charge in [-0.15, -0.1) is 0 Å². The van der Waals surface area contributed by atoms with Gasteiger partial charge in [0, 0.05) is 66.0 Å². The number of ether oxygens (including phenoxy) is 1. The fourth-order valence-corrected chi connectivity index (χ4v) is 8.72. The number of hydrogen-bond donors (Lipinski definition) is 0. The summed E-state index contributed by atoms with van der Waals surface area (Å²) in [6.07, 6.45) is 45.1. The van der Waals surface area contributed by atoms with Crippen LogP contribution >= 0.6 is 0 Å². The second-order valence-corrected chi connectivity index (χ2v) is 19.8. The van der Waals surface area contributed by atoms with Crippen LogP contribution in [0.25, 0.3) is 0 Å². The first-order valence-electron chi connectivity index (χ1n) is 28.9. The molecule has 0 aromatic rings. The van der Waals surface area contributed by atoms with Crippen LogP contribution in [0.5, 0.6) is 0 Å². The molecule has 0 aromatic heterocycles. The zero-order valence-electron chi connectivity index (χ0n) is 45.8. The van der Waals surface area contributed by atoms with E-state index in [1.165, 1.54) is 206 Å². The van der Waals surface area contributed by atoms with Gasteiger partial charge in [-0.1, -0.05) is 202 Å². The Balaban J connectivity index is 0. The van der Waals surface area contributed by atoms with Gasteiger partial charge in [-0.3, -0.25) is 14.6 Å². The molecule has 0 atom stereocenters. The summed E-state index contributed by atoms with van der Waals surface area (Å²) in [4.78, 5) is 45.5. The topological polar surface area (TPSA) is 76.6 Å². The smallest absolute Gasteiger partial charge is 0.236 e. The Hall–Kier alpha value is -1.39. The van der Waals surface area contributed by atoms with Crippen molar-refractivity contribution in [3.63, 3.8) is 0 Å². The lowest BCUT2D eigenvalue weighted by Crippen LogP contribution is -2.50. The number of carbonyl (C=O) groups excluding carboxylic acids is 3. The molecule has 1 saturated heterocycles. The molecule has 9 nitrogen and oxygen atoms in total. The highest BCUT2D eigenvalue weighted by atomic mass is 16.5. The third-order valence-corrected chi connectivity index (χ3v) is 13.3. The van der Waals surface area contributed by atoms with Crippen LogP contribution in [0.1, 0.15) is 247 Å². The Morgan fingerprint density at radius 1 is 0.424 bits per heavy atom. The van der Waals surface area contributed by atoms with Gasteiger partial charge in [0.15, 0.2) is 0 Å². The minimum Gasteiger partial charge on any atom is -0.385 e. The average molecular weight is 937 g/mol. The van der Waals surface area contributed by atoms with Gasteiger partial charge in [-0.25, -0.2) is 0 Å². The van der Waals surface area contributed by atoms with E-state index in [1.54, 1.807) is 7.11 Å². The monoisotopic (exact) mass is 936 g/mol. The maximum absolute atomic E-state index is 13.3. The first-order valence-corrected chi connectivity index (χ1v) is 28.9. The van der Waals surface area contributed by atoms with Crippen LogP contribution in [-0.4, -0.2) is 149 Å². The highest BCUT2D eigenvalue weighted by molar-refractivity contribution is 5.78. The van der Waals surface area contributed by atoms with Gasteiger partial charge < -0.3 is 29.0 Å². The highest BCUT2D eigenvalue weighted by Crippen LogP contribution is 2.13. The lowest BCUT2D eigenvalue weighted by Gasteiger charge is -2.34. The van der Waals surface area contributed by atoms with E-state index in [-0.39, 0.29) is 0 Å². The Bertz CT molecular complexity index is 947. The minimum atomic E-state index is 0.353. The SMILES string of the molecule is CCCCCC=O.CCCCCCCCCN(CC=O)CCCOC.CCCCCCCCCN(CCCCCCCCC)CCN(CCCCCCCCC)CC(=O)N1CCN(C)CC1. The molecule has 66 heavy (non-hydrogen) atoms. The zero-order valence-corrected chi connectivity index (χ0v) is 45.8. The van der Waals surface area contributed by atoms with Gasteiger partial charge in [-0.05, 0) is 71.8 Å². The maximum atomic E-state index is 13.3. The molecule has 1 aliphatic heterocycles. The molecule has 0 bridgehead atoms. The van der Waals surface area contributed by atoms with Crippen molar-refractivity contribution in [2.24, 2.45) is 0 Å². The number of carbonyl (C=O) groups is 3. The molecule has 0 aromatic carbocycles. The molecule has 0 saturated carbocycles. The average Bonchev–Trinajstić information content (AvgIpc) is 3.32. The quantitative estimate of drug-likeness (QED) is 0.0441. The van der Waals surface area contributed by atoms with E-state index in [9.17, 15) is 14.4 Å². The molecule has 0 spiro atoms. The Morgan fingerprint density at radius 2 is 0.773 bits per heavy atom. The summed E-state index contributed by atoms with van der Waals surface area (Å²) in [5.74, 6) is 0.353. The summed E-state index contributed by atoms with van der Waals surface area (Å²) >= 11 is 0. The van der Waals surface area contributed by atoms with Crippen LogP contribution in [-0.2, 0) is 19.1 Å². The molecule has 1 fully saturated rings. The van der Waals surface area contributed by atoms with E-state index in [0.717, 1.165) is 97.3 Å². The number of rotatable bonds is 47. The highest BCUT2D eigenvalue weighted by Gasteiger charge is 2.21. The summed E-state index contributed by atoms with van der Waals surface area (Å²) in [6, 6.07) is 0. The zero-order chi connectivity index (χ0) is 48.8. The Labute approximate surface area is 413 Å². The van der Waals surface area contributed by atoms with Crippen molar-refractivity contribution in [2.75, 3.05) is 106 Å².